The number of amides is 2. The summed E-state index contributed by atoms with van der Waals surface area (Å²) in [5.41, 5.74) is 0.221. The average Bonchev–Trinajstić information content (AvgIpc) is 2.66. The van der Waals surface area contributed by atoms with Gasteiger partial charge < -0.3 is 15.4 Å². The van der Waals surface area contributed by atoms with Crippen LogP contribution >= 0.6 is 11.6 Å². The molecular formula is C17H27ClN4O3. The minimum absolute atomic E-state index is 0.230. The van der Waals surface area contributed by atoms with E-state index in [0.717, 1.165) is 5.69 Å². The number of aromatic nitrogens is 2. The standard InChI is InChI=1S/C17H27ClN4O3/c1-11-12(14(18)22(7)21-11)8-9-13(23)20-17(5,6)10-19-15(24)25-16(2,3)4/h8-9H,10H2,1-7H3,(H,19,24)(H,20,23)/b9-8+. The van der Waals surface area contributed by atoms with Gasteiger partial charge in [-0.15, -0.1) is 0 Å². The van der Waals surface area contributed by atoms with Crippen LogP contribution in [0.1, 0.15) is 45.9 Å². The van der Waals surface area contributed by atoms with Gasteiger partial charge in [0.15, 0.2) is 0 Å². The van der Waals surface area contributed by atoms with Crippen molar-refractivity contribution in [1.82, 2.24) is 20.4 Å². The summed E-state index contributed by atoms with van der Waals surface area (Å²) in [6, 6.07) is 0. The fourth-order valence-electron chi connectivity index (χ4n) is 2.02. The van der Waals surface area contributed by atoms with E-state index in [1.807, 2.05) is 6.92 Å². The van der Waals surface area contributed by atoms with Gasteiger partial charge in [-0.25, -0.2) is 4.79 Å². The van der Waals surface area contributed by atoms with Gasteiger partial charge in [0.05, 0.1) is 11.2 Å². The van der Waals surface area contributed by atoms with E-state index in [9.17, 15) is 9.59 Å². The summed E-state index contributed by atoms with van der Waals surface area (Å²) in [5, 5.41) is 10.1. The van der Waals surface area contributed by atoms with Crippen molar-refractivity contribution in [2.75, 3.05) is 6.54 Å². The Kier molecular flexibility index (Phi) is 6.65. The number of hydrogen-bond donors (Lipinski definition) is 2. The lowest BCUT2D eigenvalue weighted by Crippen LogP contribution is -2.51. The molecule has 0 fully saturated rings. The summed E-state index contributed by atoms with van der Waals surface area (Å²) in [6.07, 6.45) is 2.49. The molecule has 0 aliphatic rings. The molecule has 2 N–H and O–H groups in total. The molecule has 0 aliphatic heterocycles. The molecule has 0 saturated heterocycles. The van der Waals surface area contributed by atoms with E-state index >= 15 is 0 Å². The normalized spacial score (nSPS) is 12.3. The lowest BCUT2D eigenvalue weighted by atomic mass is 10.1. The largest absolute Gasteiger partial charge is 0.444 e. The molecule has 25 heavy (non-hydrogen) atoms. The van der Waals surface area contributed by atoms with E-state index in [1.165, 1.54) is 6.08 Å². The Morgan fingerprint density at radius 3 is 2.36 bits per heavy atom. The summed E-state index contributed by atoms with van der Waals surface area (Å²) in [6.45, 7) is 11.0. The van der Waals surface area contributed by atoms with Crippen molar-refractivity contribution in [2.45, 2.75) is 52.7 Å². The zero-order valence-electron chi connectivity index (χ0n) is 15.9. The molecule has 2 amide bonds. The fourth-order valence-corrected chi connectivity index (χ4v) is 2.26. The van der Waals surface area contributed by atoms with Crippen molar-refractivity contribution in [3.05, 3.63) is 22.5 Å². The van der Waals surface area contributed by atoms with Crippen molar-refractivity contribution >= 4 is 29.7 Å². The van der Waals surface area contributed by atoms with Crippen LogP contribution < -0.4 is 10.6 Å². The maximum Gasteiger partial charge on any atom is 0.407 e. The van der Waals surface area contributed by atoms with Crippen LogP contribution in [0.15, 0.2) is 6.08 Å². The van der Waals surface area contributed by atoms with Gasteiger partial charge in [0.25, 0.3) is 0 Å². The van der Waals surface area contributed by atoms with Crippen LogP contribution in [0.2, 0.25) is 5.15 Å². The molecule has 0 bridgehead atoms. The van der Waals surface area contributed by atoms with Crippen LogP contribution in [0.4, 0.5) is 4.79 Å². The third-order valence-electron chi connectivity index (χ3n) is 3.13. The number of aryl methyl sites for hydroxylation is 2. The highest BCUT2D eigenvalue weighted by Gasteiger charge is 2.22. The molecule has 0 aliphatic carbocycles. The summed E-state index contributed by atoms with van der Waals surface area (Å²) in [4.78, 5) is 23.8. The third kappa shape index (κ3) is 7.17. The van der Waals surface area contributed by atoms with Gasteiger partial charge in [-0.05, 0) is 47.6 Å². The SMILES string of the molecule is Cc1nn(C)c(Cl)c1/C=C/C(=O)NC(C)(C)CNC(=O)OC(C)(C)C. The van der Waals surface area contributed by atoms with E-state index < -0.39 is 17.2 Å². The second-order valence-corrected chi connectivity index (χ2v) is 7.83. The van der Waals surface area contributed by atoms with E-state index in [1.54, 1.807) is 52.4 Å². The maximum absolute atomic E-state index is 12.1. The second-order valence-electron chi connectivity index (χ2n) is 7.48. The number of hydrogen-bond acceptors (Lipinski definition) is 4. The molecule has 140 valence electrons. The first kappa shape index (κ1) is 21.0. The molecule has 0 atom stereocenters. The zero-order chi connectivity index (χ0) is 19.4. The van der Waals surface area contributed by atoms with Crippen molar-refractivity contribution in [2.24, 2.45) is 7.05 Å². The lowest BCUT2D eigenvalue weighted by molar-refractivity contribution is -0.117. The van der Waals surface area contributed by atoms with Crippen LogP contribution in [-0.2, 0) is 16.6 Å². The summed E-state index contributed by atoms with van der Waals surface area (Å²) in [5.74, 6) is -0.296. The van der Waals surface area contributed by atoms with Gasteiger partial charge >= 0.3 is 6.09 Å². The monoisotopic (exact) mass is 370 g/mol. The highest BCUT2D eigenvalue weighted by Crippen LogP contribution is 2.19. The lowest BCUT2D eigenvalue weighted by Gasteiger charge is -2.27. The van der Waals surface area contributed by atoms with Gasteiger partial charge in [-0.2, -0.15) is 5.10 Å². The molecule has 1 heterocycles. The van der Waals surface area contributed by atoms with Gasteiger partial charge in [0, 0.05) is 25.2 Å². The maximum atomic E-state index is 12.1. The number of carbonyl (C=O) groups excluding carboxylic acids is 2. The molecule has 8 heteroatoms. The first-order valence-corrected chi connectivity index (χ1v) is 8.35. The molecule has 0 unspecified atom stereocenters. The second kappa shape index (κ2) is 7.91. The predicted molar refractivity (Wildman–Crippen MR) is 98.4 cm³/mol. The molecule has 0 aromatic carbocycles. The third-order valence-corrected chi connectivity index (χ3v) is 3.58. The molecule has 1 aromatic heterocycles. The molecule has 7 nitrogen and oxygen atoms in total. The molecule has 0 saturated carbocycles. The van der Waals surface area contributed by atoms with Crippen molar-refractivity contribution < 1.29 is 14.3 Å². The summed E-state index contributed by atoms with van der Waals surface area (Å²) < 4.78 is 6.72. The van der Waals surface area contributed by atoms with Crippen molar-refractivity contribution in [1.29, 1.82) is 0 Å². The Balaban J connectivity index is 2.60. The molecule has 1 rings (SSSR count). The number of halogens is 1. The number of nitrogens with zero attached hydrogens (tertiary/aromatic N) is 2. The fraction of sp³-hybridized carbons (Fsp3) is 0.588. The first-order valence-electron chi connectivity index (χ1n) is 7.97. The Hall–Kier alpha value is -2.02. The Labute approximate surface area is 153 Å². The van der Waals surface area contributed by atoms with Crippen LogP contribution in [0.25, 0.3) is 6.08 Å². The number of rotatable bonds is 5. The van der Waals surface area contributed by atoms with Gasteiger partial charge in [0.2, 0.25) is 5.91 Å². The number of carbonyl (C=O) groups is 2. The zero-order valence-corrected chi connectivity index (χ0v) is 16.6. The average molecular weight is 371 g/mol. The molecular weight excluding hydrogens is 344 g/mol. The quantitative estimate of drug-likeness (QED) is 0.780. The summed E-state index contributed by atoms with van der Waals surface area (Å²) >= 11 is 6.12. The highest BCUT2D eigenvalue weighted by atomic mass is 35.5. The van der Waals surface area contributed by atoms with Gasteiger partial charge in [0.1, 0.15) is 10.8 Å². The number of ether oxygens (including phenoxy) is 1. The van der Waals surface area contributed by atoms with E-state index in [-0.39, 0.29) is 12.5 Å². The molecule has 0 spiro atoms. The van der Waals surface area contributed by atoms with Crippen LogP contribution in [0.5, 0.6) is 0 Å². The minimum Gasteiger partial charge on any atom is -0.444 e. The first-order chi connectivity index (χ1) is 11.3. The Morgan fingerprint density at radius 1 is 1.28 bits per heavy atom. The smallest absolute Gasteiger partial charge is 0.407 e. The van der Waals surface area contributed by atoms with Crippen LogP contribution in [0.3, 0.4) is 0 Å². The molecule has 0 radical (unpaired) electrons. The topological polar surface area (TPSA) is 85.3 Å². The summed E-state index contributed by atoms with van der Waals surface area (Å²) in [7, 11) is 1.73. The van der Waals surface area contributed by atoms with Crippen LogP contribution in [-0.4, -0.2) is 39.5 Å². The van der Waals surface area contributed by atoms with E-state index in [0.29, 0.717) is 10.7 Å². The van der Waals surface area contributed by atoms with Gasteiger partial charge in [-0.3, -0.25) is 9.48 Å². The van der Waals surface area contributed by atoms with Crippen LogP contribution in [0, 0.1) is 6.92 Å². The number of alkyl carbamates (subject to hydrolysis) is 1. The Bertz CT molecular complexity index is 672. The predicted octanol–water partition coefficient (Wildman–Crippen LogP) is 2.81. The highest BCUT2D eigenvalue weighted by molar-refractivity contribution is 6.31. The Morgan fingerprint density at radius 2 is 1.88 bits per heavy atom. The minimum atomic E-state index is -0.647. The van der Waals surface area contributed by atoms with E-state index in [4.69, 9.17) is 16.3 Å². The van der Waals surface area contributed by atoms with Crippen molar-refractivity contribution in [3.63, 3.8) is 0 Å². The van der Waals surface area contributed by atoms with E-state index in [2.05, 4.69) is 15.7 Å². The number of nitrogens with one attached hydrogen (secondary N) is 2. The van der Waals surface area contributed by atoms with Gasteiger partial charge in [-0.1, -0.05) is 11.6 Å². The molecule has 1 aromatic rings. The van der Waals surface area contributed by atoms with Crippen molar-refractivity contribution in [3.8, 4) is 0 Å².